The van der Waals surface area contributed by atoms with Gasteiger partial charge in [-0.2, -0.15) is 0 Å². The fourth-order valence-electron chi connectivity index (χ4n) is 2.81. The summed E-state index contributed by atoms with van der Waals surface area (Å²) in [5.41, 5.74) is -0.384. The van der Waals surface area contributed by atoms with Crippen LogP contribution in [0.15, 0.2) is 0 Å². The Labute approximate surface area is 188 Å². The molecule has 0 aliphatic rings. The fourth-order valence-corrected chi connectivity index (χ4v) is 2.81. The van der Waals surface area contributed by atoms with Gasteiger partial charge in [0.1, 0.15) is 17.6 Å². The minimum atomic E-state index is -1.34. The van der Waals surface area contributed by atoms with E-state index in [1.807, 2.05) is 20.8 Å². The van der Waals surface area contributed by atoms with E-state index in [-0.39, 0.29) is 36.2 Å². The SMILES string of the molecule is CC(=O)CC(NC(=O)CC(NC(=O)CC(C)(C)C)C(=O)NC(CC(C)=O)C(C)=O)C(C)=O. The molecule has 0 fully saturated rings. The smallest absolute Gasteiger partial charge is 0.243 e. The number of Topliss-reactive ketones (excluding diaryl/α,β-unsaturated/α-hetero) is 4. The normalized spacial score (nSPS) is 13.8. The van der Waals surface area contributed by atoms with Crippen LogP contribution in [0.4, 0.5) is 0 Å². The van der Waals surface area contributed by atoms with E-state index in [9.17, 15) is 33.6 Å². The van der Waals surface area contributed by atoms with Crippen molar-refractivity contribution in [3.05, 3.63) is 0 Å². The Morgan fingerprint density at radius 1 is 0.594 bits per heavy atom. The number of carbonyl (C=O) groups excluding carboxylic acids is 7. The first-order valence-electron chi connectivity index (χ1n) is 10.4. The molecule has 0 radical (unpaired) electrons. The quantitative estimate of drug-likeness (QED) is 0.364. The van der Waals surface area contributed by atoms with E-state index in [1.165, 1.54) is 27.7 Å². The van der Waals surface area contributed by atoms with Gasteiger partial charge in [0.15, 0.2) is 11.6 Å². The molecule has 32 heavy (non-hydrogen) atoms. The molecule has 0 heterocycles. The van der Waals surface area contributed by atoms with Gasteiger partial charge in [-0.05, 0) is 33.1 Å². The molecule has 0 aromatic heterocycles. The second kappa shape index (κ2) is 12.8. The molecule has 3 unspecified atom stereocenters. The lowest BCUT2D eigenvalue weighted by Crippen LogP contribution is -2.54. The summed E-state index contributed by atoms with van der Waals surface area (Å²) in [5.74, 6) is -3.51. The summed E-state index contributed by atoms with van der Waals surface area (Å²) in [6.07, 6.45) is -0.864. The highest BCUT2D eigenvalue weighted by Crippen LogP contribution is 2.18. The molecule has 0 rings (SSSR count). The largest absolute Gasteiger partial charge is 0.346 e. The van der Waals surface area contributed by atoms with Gasteiger partial charge >= 0.3 is 0 Å². The summed E-state index contributed by atoms with van der Waals surface area (Å²) >= 11 is 0. The van der Waals surface area contributed by atoms with E-state index in [0.717, 1.165) is 0 Å². The Morgan fingerprint density at radius 3 is 1.38 bits per heavy atom. The first-order valence-corrected chi connectivity index (χ1v) is 10.4. The molecule has 180 valence electrons. The van der Waals surface area contributed by atoms with Crippen molar-refractivity contribution in [2.75, 3.05) is 0 Å². The van der Waals surface area contributed by atoms with Gasteiger partial charge in [0, 0.05) is 19.3 Å². The van der Waals surface area contributed by atoms with E-state index >= 15 is 0 Å². The highest BCUT2D eigenvalue weighted by molar-refractivity contribution is 5.97. The third-order valence-electron chi connectivity index (χ3n) is 4.35. The summed E-state index contributed by atoms with van der Waals surface area (Å²) in [7, 11) is 0. The number of hydrogen-bond donors (Lipinski definition) is 3. The van der Waals surface area contributed by atoms with Gasteiger partial charge < -0.3 is 16.0 Å². The standard InChI is InChI=1S/C22H35N3O7/c1-12(26)8-16(14(3)28)23-19(30)10-18(24-20(31)11-22(5,6)7)21(32)25-17(15(4)29)9-13(2)27/h16-18H,8-11H2,1-7H3,(H,23,30)(H,24,31)(H,25,32). The minimum Gasteiger partial charge on any atom is -0.346 e. The summed E-state index contributed by atoms with van der Waals surface area (Å²) in [6.45, 7) is 10.5. The van der Waals surface area contributed by atoms with Gasteiger partial charge in [-0.15, -0.1) is 0 Å². The van der Waals surface area contributed by atoms with E-state index in [0.29, 0.717) is 0 Å². The van der Waals surface area contributed by atoms with E-state index < -0.39 is 53.8 Å². The first-order chi connectivity index (χ1) is 14.5. The lowest BCUT2D eigenvalue weighted by molar-refractivity contribution is -0.135. The molecule has 10 heteroatoms. The van der Waals surface area contributed by atoms with Gasteiger partial charge in [0.2, 0.25) is 17.7 Å². The number of carbonyl (C=O) groups is 7. The van der Waals surface area contributed by atoms with Crippen molar-refractivity contribution >= 4 is 40.9 Å². The van der Waals surface area contributed by atoms with Crippen molar-refractivity contribution < 1.29 is 33.6 Å². The summed E-state index contributed by atoms with van der Waals surface area (Å²) in [5, 5.41) is 7.29. The predicted molar refractivity (Wildman–Crippen MR) is 116 cm³/mol. The number of hydrogen-bond acceptors (Lipinski definition) is 7. The second-order valence-corrected chi connectivity index (χ2v) is 9.28. The van der Waals surface area contributed by atoms with Crippen molar-refractivity contribution in [1.82, 2.24) is 16.0 Å². The van der Waals surface area contributed by atoms with Crippen LogP contribution in [-0.4, -0.2) is 59.0 Å². The van der Waals surface area contributed by atoms with E-state index in [2.05, 4.69) is 16.0 Å². The third kappa shape index (κ3) is 12.7. The van der Waals surface area contributed by atoms with Crippen molar-refractivity contribution in [2.24, 2.45) is 5.41 Å². The molecule has 0 saturated carbocycles. The molecule has 0 spiro atoms. The minimum absolute atomic E-state index is 0.0718. The summed E-state index contributed by atoms with van der Waals surface area (Å²) in [4.78, 5) is 83.9. The van der Waals surface area contributed by atoms with Crippen LogP contribution in [0.3, 0.4) is 0 Å². The Kier molecular flexibility index (Phi) is 11.7. The topological polar surface area (TPSA) is 156 Å². The maximum atomic E-state index is 12.8. The van der Waals surface area contributed by atoms with Crippen molar-refractivity contribution in [2.45, 2.75) is 92.3 Å². The zero-order valence-electron chi connectivity index (χ0n) is 19.9. The molecular weight excluding hydrogens is 418 g/mol. The molecule has 0 bridgehead atoms. The summed E-state index contributed by atoms with van der Waals surface area (Å²) in [6, 6.07) is -3.48. The van der Waals surface area contributed by atoms with Gasteiger partial charge in [-0.3, -0.25) is 33.6 Å². The van der Waals surface area contributed by atoms with Crippen LogP contribution in [0.25, 0.3) is 0 Å². The Morgan fingerprint density at radius 2 is 1.00 bits per heavy atom. The Balaban J connectivity index is 5.54. The number of ketones is 4. The Hall–Kier alpha value is -2.91. The molecule has 3 amide bonds. The molecule has 0 aromatic carbocycles. The molecule has 3 N–H and O–H groups in total. The molecule has 0 aliphatic carbocycles. The summed E-state index contributed by atoms with van der Waals surface area (Å²) < 4.78 is 0. The number of nitrogens with one attached hydrogen (secondary N) is 3. The van der Waals surface area contributed by atoms with Crippen molar-refractivity contribution in [3.63, 3.8) is 0 Å². The molecule has 0 aliphatic heterocycles. The van der Waals surface area contributed by atoms with Crippen LogP contribution in [0.5, 0.6) is 0 Å². The van der Waals surface area contributed by atoms with Gasteiger partial charge in [-0.1, -0.05) is 20.8 Å². The fraction of sp³-hybridized carbons (Fsp3) is 0.682. The van der Waals surface area contributed by atoms with E-state index in [1.54, 1.807) is 0 Å². The molecular formula is C22H35N3O7. The van der Waals surface area contributed by atoms with Crippen LogP contribution in [-0.2, 0) is 33.6 Å². The van der Waals surface area contributed by atoms with Crippen LogP contribution in [0.2, 0.25) is 0 Å². The van der Waals surface area contributed by atoms with Crippen LogP contribution < -0.4 is 16.0 Å². The zero-order chi connectivity index (χ0) is 25.2. The van der Waals surface area contributed by atoms with Gasteiger partial charge in [0.05, 0.1) is 18.5 Å². The number of amides is 3. The van der Waals surface area contributed by atoms with E-state index in [4.69, 9.17) is 0 Å². The average molecular weight is 454 g/mol. The van der Waals surface area contributed by atoms with Crippen LogP contribution in [0.1, 0.15) is 74.1 Å². The van der Waals surface area contributed by atoms with Gasteiger partial charge in [0.25, 0.3) is 0 Å². The van der Waals surface area contributed by atoms with Gasteiger partial charge in [-0.25, -0.2) is 0 Å². The predicted octanol–water partition coefficient (Wildman–Crippen LogP) is 0.403. The molecule has 3 atom stereocenters. The van der Waals surface area contributed by atoms with Crippen molar-refractivity contribution in [1.29, 1.82) is 0 Å². The highest BCUT2D eigenvalue weighted by atomic mass is 16.2. The van der Waals surface area contributed by atoms with Crippen LogP contribution in [0, 0.1) is 5.41 Å². The monoisotopic (exact) mass is 453 g/mol. The first kappa shape index (κ1) is 29.1. The molecule has 0 saturated heterocycles. The highest BCUT2D eigenvalue weighted by Gasteiger charge is 2.30. The maximum Gasteiger partial charge on any atom is 0.243 e. The second-order valence-electron chi connectivity index (χ2n) is 9.28. The van der Waals surface area contributed by atoms with Crippen molar-refractivity contribution in [3.8, 4) is 0 Å². The average Bonchev–Trinajstić information content (AvgIpc) is 2.57. The third-order valence-corrected chi connectivity index (χ3v) is 4.35. The maximum absolute atomic E-state index is 12.8. The molecule has 10 nitrogen and oxygen atoms in total. The Bertz CT molecular complexity index is 768. The lowest BCUT2D eigenvalue weighted by atomic mass is 9.91. The lowest BCUT2D eigenvalue weighted by Gasteiger charge is -2.24. The zero-order valence-corrected chi connectivity index (χ0v) is 19.9. The number of rotatable bonds is 13. The van der Waals surface area contributed by atoms with Crippen LogP contribution >= 0.6 is 0 Å². The molecule has 0 aromatic rings.